The highest BCUT2D eigenvalue weighted by Crippen LogP contribution is 2.38. The number of sulfonamides is 1. The molecule has 1 aromatic heterocycles. The molecule has 0 unspecified atom stereocenters. The van der Waals surface area contributed by atoms with E-state index < -0.39 is 10.0 Å². The van der Waals surface area contributed by atoms with E-state index in [1.54, 1.807) is 18.7 Å². The average Bonchev–Trinajstić information content (AvgIpc) is 3.23. The topological polar surface area (TPSA) is 121 Å². The smallest absolute Gasteiger partial charge is 0.248 e. The first-order valence-electron chi connectivity index (χ1n) is 10.8. The zero-order valence-corrected chi connectivity index (χ0v) is 18.7. The molecule has 0 N–H and O–H groups in total. The lowest BCUT2D eigenvalue weighted by Gasteiger charge is -2.34. The van der Waals surface area contributed by atoms with Crippen molar-refractivity contribution in [2.45, 2.75) is 50.8 Å². The van der Waals surface area contributed by atoms with E-state index in [0.29, 0.717) is 5.69 Å². The van der Waals surface area contributed by atoms with Crippen LogP contribution in [0.5, 0.6) is 0 Å². The second-order valence-electron chi connectivity index (χ2n) is 8.51. The molecule has 1 saturated carbocycles. The Balaban J connectivity index is 1.32. The molecule has 0 bridgehead atoms. The van der Waals surface area contributed by atoms with Gasteiger partial charge in [-0.15, -0.1) is 0 Å². The second-order valence-corrected chi connectivity index (χ2v) is 10.4. The van der Waals surface area contributed by atoms with Crippen molar-refractivity contribution in [3.63, 3.8) is 0 Å². The highest BCUT2D eigenvalue weighted by molar-refractivity contribution is 7.89. The van der Waals surface area contributed by atoms with Crippen molar-refractivity contribution in [2.75, 3.05) is 32.7 Å². The maximum atomic E-state index is 12.9. The molecule has 2 aliphatic heterocycles. The van der Waals surface area contributed by atoms with Gasteiger partial charge in [-0.05, 0) is 26.7 Å². The van der Waals surface area contributed by atoms with E-state index in [4.69, 9.17) is 4.52 Å². The Morgan fingerprint density at radius 2 is 1.61 bits per heavy atom. The van der Waals surface area contributed by atoms with Gasteiger partial charge in [-0.25, -0.2) is 8.42 Å². The summed E-state index contributed by atoms with van der Waals surface area (Å²) in [6, 6.07) is 0. The van der Waals surface area contributed by atoms with Crippen LogP contribution in [0.25, 0.3) is 0 Å². The lowest BCUT2D eigenvalue weighted by Crippen LogP contribution is -2.51. The van der Waals surface area contributed by atoms with E-state index in [-0.39, 0.29) is 79.4 Å². The van der Waals surface area contributed by atoms with Crippen LogP contribution in [0, 0.1) is 25.7 Å². The van der Waals surface area contributed by atoms with Crippen LogP contribution in [0.15, 0.2) is 9.42 Å². The maximum absolute atomic E-state index is 12.9. The Labute approximate surface area is 181 Å². The fourth-order valence-corrected chi connectivity index (χ4v) is 6.68. The van der Waals surface area contributed by atoms with Crippen LogP contribution < -0.4 is 0 Å². The molecule has 11 heteroatoms. The summed E-state index contributed by atoms with van der Waals surface area (Å²) in [7, 11) is -3.74. The largest absolute Gasteiger partial charge is 0.360 e. The quantitative estimate of drug-likeness (QED) is 0.603. The van der Waals surface area contributed by atoms with Crippen molar-refractivity contribution in [3.05, 3.63) is 11.5 Å². The molecule has 10 nitrogen and oxygen atoms in total. The third kappa shape index (κ3) is 3.89. The number of hydrogen-bond donors (Lipinski definition) is 0. The molecular formula is C20H28N4O6S. The Bertz CT molecular complexity index is 952. The number of hydrogen-bond acceptors (Lipinski definition) is 7. The van der Waals surface area contributed by atoms with E-state index in [9.17, 15) is 22.8 Å². The van der Waals surface area contributed by atoms with Gasteiger partial charge in [0, 0.05) is 39.1 Å². The summed E-state index contributed by atoms with van der Waals surface area (Å²) in [6.07, 6.45) is 3.50. The van der Waals surface area contributed by atoms with Gasteiger partial charge in [0.1, 0.15) is 10.6 Å². The van der Waals surface area contributed by atoms with Gasteiger partial charge in [-0.3, -0.25) is 19.3 Å². The number of fused-ring (bicyclic) bond motifs is 1. The molecule has 3 fully saturated rings. The molecule has 170 valence electrons. The van der Waals surface area contributed by atoms with Gasteiger partial charge in [0.25, 0.3) is 0 Å². The fraction of sp³-hybridized carbons (Fsp3) is 0.700. The monoisotopic (exact) mass is 452 g/mol. The van der Waals surface area contributed by atoms with Gasteiger partial charge in [0.15, 0.2) is 5.76 Å². The van der Waals surface area contributed by atoms with E-state index in [1.807, 2.05) is 0 Å². The Kier molecular flexibility index (Phi) is 5.91. The van der Waals surface area contributed by atoms with Crippen molar-refractivity contribution < 1.29 is 27.3 Å². The minimum atomic E-state index is -3.74. The number of rotatable bonds is 5. The standard InChI is InChI=1S/C20H28N4O6S/c1-13-18(14(2)30-21-13)31(28,29)23-11-9-22(10-12-23)17(25)7-8-24-19(26)15-5-3-4-6-16(15)20(24)27/h15-16H,3-12H2,1-2H3/t15-,16-/m1/s1. The SMILES string of the molecule is Cc1noc(C)c1S(=O)(=O)N1CCN(C(=O)CCN2C(=O)[C@@H]3CCCC[C@H]3C2=O)CC1. The first-order chi connectivity index (χ1) is 14.7. The van der Waals surface area contributed by atoms with Crippen molar-refractivity contribution in [1.29, 1.82) is 0 Å². The van der Waals surface area contributed by atoms with Crippen LogP contribution in [0.3, 0.4) is 0 Å². The van der Waals surface area contributed by atoms with Gasteiger partial charge < -0.3 is 9.42 Å². The molecule has 3 heterocycles. The number of nitrogens with zero attached hydrogens (tertiary/aromatic N) is 4. The molecule has 1 aromatic rings. The predicted molar refractivity (Wildman–Crippen MR) is 108 cm³/mol. The van der Waals surface area contributed by atoms with Crippen molar-refractivity contribution >= 4 is 27.7 Å². The molecule has 31 heavy (non-hydrogen) atoms. The molecule has 4 rings (SSSR count). The van der Waals surface area contributed by atoms with Crippen LogP contribution >= 0.6 is 0 Å². The molecule has 1 aliphatic carbocycles. The molecule has 0 aromatic carbocycles. The lowest BCUT2D eigenvalue weighted by atomic mass is 9.81. The summed E-state index contributed by atoms with van der Waals surface area (Å²) in [6.45, 7) is 4.10. The Morgan fingerprint density at radius 3 is 2.13 bits per heavy atom. The van der Waals surface area contributed by atoms with E-state index in [2.05, 4.69) is 5.16 Å². The minimum absolute atomic E-state index is 0.0630. The molecule has 2 atom stereocenters. The van der Waals surface area contributed by atoms with Gasteiger partial charge in [0.05, 0.1) is 11.8 Å². The van der Waals surface area contributed by atoms with Gasteiger partial charge >= 0.3 is 0 Å². The molecule has 2 saturated heterocycles. The number of carbonyl (C=O) groups excluding carboxylic acids is 3. The van der Waals surface area contributed by atoms with Crippen LogP contribution in [-0.2, 0) is 24.4 Å². The van der Waals surface area contributed by atoms with Crippen molar-refractivity contribution in [3.8, 4) is 0 Å². The molecule has 0 spiro atoms. The van der Waals surface area contributed by atoms with E-state index in [1.165, 1.54) is 9.21 Å². The summed E-state index contributed by atoms with van der Waals surface area (Å²) in [5.74, 6) is -0.638. The summed E-state index contributed by atoms with van der Waals surface area (Å²) in [5.41, 5.74) is 0.316. The Hall–Kier alpha value is -2.27. The number of aryl methyl sites for hydroxylation is 2. The van der Waals surface area contributed by atoms with E-state index in [0.717, 1.165) is 25.7 Å². The van der Waals surface area contributed by atoms with Crippen LogP contribution in [0.2, 0.25) is 0 Å². The predicted octanol–water partition coefficient (Wildman–Crippen LogP) is 0.690. The third-order valence-corrected chi connectivity index (χ3v) is 8.78. The zero-order valence-electron chi connectivity index (χ0n) is 17.9. The third-order valence-electron chi connectivity index (χ3n) is 6.64. The summed E-state index contributed by atoms with van der Waals surface area (Å²) >= 11 is 0. The maximum Gasteiger partial charge on any atom is 0.248 e. The summed E-state index contributed by atoms with van der Waals surface area (Å²) < 4.78 is 32.1. The Morgan fingerprint density at radius 1 is 1.03 bits per heavy atom. The molecule has 3 amide bonds. The van der Waals surface area contributed by atoms with Crippen molar-refractivity contribution in [2.24, 2.45) is 11.8 Å². The molecular weight excluding hydrogens is 424 g/mol. The normalized spacial score (nSPS) is 25.2. The van der Waals surface area contributed by atoms with Crippen LogP contribution in [0.4, 0.5) is 0 Å². The number of piperazine rings is 1. The number of imide groups is 1. The highest BCUT2D eigenvalue weighted by Gasteiger charge is 2.48. The zero-order chi connectivity index (χ0) is 22.3. The number of likely N-dealkylation sites (tertiary alicyclic amines) is 1. The highest BCUT2D eigenvalue weighted by atomic mass is 32.2. The first-order valence-corrected chi connectivity index (χ1v) is 12.2. The average molecular weight is 453 g/mol. The second kappa shape index (κ2) is 8.34. The number of aromatic nitrogens is 1. The first kappa shape index (κ1) is 21.9. The molecule has 3 aliphatic rings. The minimum Gasteiger partial charge on any atom is -0.360 e. The van der Waals surface area contributed by atoms with Gasteiger partial charge in [-0.1, -0.05) is 18.0 Å². The fourth-order valence-electron chi connectivity index (χ4n) is 4.97. The van der Waals surface area contributed by atoms with Crippen molar-refractivity contribution in [1.82, 2.24) is 19.3 Å². The number of carbonyl (C=O) groups is 3. The van der Waals surface area contributed by atoms with E-state index >= 15 is 0 Å². The van der Waals surface area contributed by atoms with Crippen LogP contribution in [0.1, 0.15) is 43.6 Å². The lowest BCUT2D eigenvalue weighted by molar-refractivity contribution is -0.141. The molecule has 0 radical (unpaired) electrons. The summed E-state index contributed by atoms with van der Waals surface area (Å²) in [4.78, 5) is 40.7. The summed E-state index contributed by atoms with van der Waals surface area (Å²) in [5, 5.41) is 3.72. The van der Waals surface area contributed by atoms with Gasteiger partial charge in [-0.2, -0.15) is 4.31 Å². The number of amides is 3. The van der Waals surface area contributed by atoms with Gasteiger partial charge in [0.2, 0.25) is 27.7 Å². The van der Waals surface area contributed by atoms with Crippen LogP contribution in [-0.4, -0.2) is 78.1 Å².